The Kier molecular flexibility index (Phi) is 7.37. The average Bonchev–Trinajstić information content (AvgIpc) is 3.60. The first-order valence-corrected chi connectivity index (χ1v) is 15.0. The molecule has 0 bridgehead atoms. The molecule has 0 amide bonds. The summed E-state index contributed by atoms with van der Waals surface area (Å²) >= 11 is 6.18. The Morgan fingerprint density at radius 2 is 1.56 bits per heavy atom. The van der Waals surface area contributed by atoms with Gasteiger partial charge < -0.3 is 14.2 Å². The van der Waals surface area contributed by atoms with Gasteiger partial charge in [0.2, 0.25) is 0 Å². The summed E-state index contributed by atoms with van der Waals surface area (Å²) in [6.07, 6.45) is 10.4. The predicted octanol–water partition coefficient (Wildman–Crippen LogP) is 8.31. The highest BCUT2D eigenvalue weighted by Crippen LogP contribution is 2.46. The molecule has 2 aromatic heterocycles. The maximum Gasteiger partial charge on any atom is 0.129 e. The van der Waals surface area contributed by atoms with Gasteiger partial charge in [0.25, 0.3) is 0 Å². The molecule has 0 saturated carbocycles. The molecule has 7 rings (SSSR count). The normalized spacial score (nSPS) is 15.3. The van der Waals surface area contributed by atoms with Crippen LogP contribution in [0.3, 0.4) is 0 Å². The van der Waals surface area contributed by atoms with E-state index >= 15 is 0 Å². The molecule has 2 heterocycles. The van der Waals surface area contributed by atoms with Crippen LogP contribution in [0.2, 0.25) is 5.15 Å². The zero-order valence-electron chi connectivity index (χ0n) is 24.2. The maximum absolute atomic E-state index is 6.39. The molecule has 0 fully saturated rings. The molecule has 5 aromatic rings. The molecule has 2 aliphatic rings. The van der Waals surface area contributed by atoms with E-state index in [9.17, 15) is 0 Å². The molecule has 3 aromatic carbocycles. The van der Waals surface area contributed by atoms with Gasteiger partial charge in [0.1, 0.15) is 34.5 Å². The predicted molar refractivity (Wildman–Crippen MR) is 169 cm³/mol. The molecular weight excluding hydrogens is 558 g/mol. The summed E-state index contributed by atoms with van der Waals surface area (Å²) in [4.78, 5) is 4.38. The quantitative estimate of drug-likeness (QED) is 0.132. The highest BCUT2D eigenvalue weighted by molar-refractivity contribution is 6.29. The number of hydrogen-bond acceptors (Lipinski definition) is 5. The molecule has 1 unspecified atom stereocenters. The number of allylic oxidation sites excluding steroid dienone is 1. The summed E-state index contributed by atoms with van der Waals surface area (Å²) in [5.74, 6) is 2.51. The van der Waals surface area contributed by atoms with Crippen molar-refractivity contribution in [1.82, 2.24) is 14.8 Å². The van der Waals surface area contributed by atoms with Gasteiger partial charge in [0, 0.05) is 29.3 Å². The van der Waals surface area contributed by atoms with Crippen LogP contribution < -0.4 is 14.2 Å². The molecule has 1 atom stereocenters. The molecule has 43 heavy (non-hydrogen) atoms. The van der Waals surface area contributed by atoms with Crippen LogP contribution in [0.15, 0.2) is 97.2 Å². The van der Waals surface area contributed by atoms with Gasteiger partial charge in [-0.1, -0.05) is 41.9 Å². The number of nitrogens with zero attached hydrogens (tertiary/aromatic N) is 3. The molecule has 0 saturated heterocycles. The van der Waals surface area contributed by atoms with Gasteiger partial charge in [-0.05, 0) is 96.6 Å². The third-order valence-electron chi connectivity index (χ3n) is 8.31. The van der Waals surface area contributed by atoms with Crippen LogP contribution >= 0.6 is 11.6 Å². The van der Waals surface area contributed by atoms with Gasteiger partial charge in [-0.2, -0.15) is 5.10 Å². The second-order valence-electron chi connectivity index (χ2n) is 10.9. The van der Waals surface area contributed by atoms with Crippen LogP contribution in [0.25, 0.3) is 22.5 Å². The second kappa shape index (κ2) is 11.6. The lowest BCUT2D eigenvalue weighted by molar-refractivity contribution is 0.230. The number of fused-ring (bicyclic) bond motifs is 3. The smallest absolute Gasteiger partial charge is 0.129 e. The lowest BCUT2D eigenvalue weighted by Crippen LogP contribution is -2.16. The minimum absolute atomic E-state index is 0.122. The Hall–Kier alpha value is -4.55. The number of rotatable bonds is 8. The van der Waals surface area contributed by atoms with Crippen molar-refractivity contribution in [3.63, 3.8) is 0 Å². The number of halogens is 1. The zero-order chi connectivity index (χ0) is 29.3. The lowest BCUT2D eigenvalue weighted by atomic mass is 9.97. The largest absolute Gasteiger partial charge is 0.497 e. The topological polar surface area (TPSA) is 58.4 Å². The Balaban J connectivity index is 1.39. The van der Waals surface area contributed by atoms with E-state index in [0.29, 0.717) is 5.15 Å². The van der Waals surface area contributed by atoms with Crippen LogP contribution in [0.1, 0.15) is 47.6 Å². The van der Waals surface area contributed by atoms with Gasteiger partial charge in [-0.25, -0.2) is 4.98 Å². The van der Waals surface area contributed by atoms with E-state index in [1.165, 1.54) is 11.1 Å². The Bertz CT molecular complexity index is 1730. The van der Waals surface area contributed by atoms with Crippen LogP contribution in [0, 0.1) is 0 Å². The molecule has 0 aliphatic heterocycles. The molecule has 0 N–H and O–H groups in total. The van der Waals surface area contributed by atoms with Crippen LogP contribution in [-0.4, -0.2) is 35.1 Å². The summed E-state index contributed by atoms with van der Waals surface area (Å²) in [7, 11) is 3.37. The van der Waals surface area contributed by atoms with Crippen molar-refractivity contribution in [2.75, 3.05) is 14.2 Å². The number of hydrogen-bond donors (Lipinski definition) is 0. The summed E-state index contributed by atoms with van der Waals surface area (Å²) in [5, 5.41) is 5.77. The molecular formula is C36H32ClN3O3. The molecule has 0 radical (unpaired) electrons. The van der Waals surface area contributed by atoms with Crippen LogP contribution in [0.5, 0.6) is 17.2 Å². The minimum Gasteiger partial charge on any atom is -0.497 e. The Morgan fingerprint density at radius 3 is 2.16 bits per heavy atom. The highest BCUT2D eigenvalue weighted by atomic mass is 35.5. The first-order chi connectivity index (χ1) is 21.1. The van der Waals surface area contributed by atoms with Gasteiger partial charge in [-0.3, -0.25) is 4.68 Å². The number of benzene rings is 3. The van der Waals surface area contributed by atoms with Crippen molar-refractivity contribution in [2.45, 2.75) is 37.8 Å². The van der Waals surface area contributed by atoms with E-state index in [2.05, 4.69) is 64.3 Å². The molecule has 7 heteroatoms. The minimum atomic E-state index is -0.200. The van der Waals surface area contributed by atoms with Crippen molar-refractivity contribution in [2.24, 2.45) is 0 Å². The second-order valence-corrected chi connectivity index (χ2v) is 11.3. The van der Waals surface area contributed by atoms with E-state index in [4.69, 9.17) is 30.9 Å². The van der Waals surface area contributed by atoms with Crippen molar-refractivity contribution in [1.29, 1.82) is 0 Å². The van der Waals surface area contributed by atoms with E-state index in [0.717, 1.165) is 76.6 Å². The van der Waals surface area contributed by atoms with E-state index in [1.807, 2.05) is 36.4 Å². The first-order valence-electron chi connectivity index (χ1n) is 14.6. The first kappa shape index (κ1) is 27.3. The van der Waals surface area contributed by atoms with E-state index in [-0.39, 0.29) is 12.1 Å². The number of aromatic nitrogens is 3. The van der Waals surface area contributed by atoms with Crippen LogP contribution in [0.4, 0.5) is 0 Å². The van der Waals surface area contributed by atoms with Crippen molar-refractivity contribution in [3.8, 4) is 39.8 Å². The fourth-order valence-electron chi connectivity index (χ4n) is 6.17. The van der Waals surface area contributed by atoms with Gasteiger partial charge in [0.15, 0.2) is 0 Å². The number of pyridine rings is 1. The standard InChI is InChI=1S/C36H32ClN3O3/c1-41-27-13-8-23(9-14-27)35(24-10-15-28(42-2)16-11-24)40-36-31-18-17-30(43-29-6-4-3-5-7-29)20-26(31)21-32(36)34(39-40)25-12-19-33(37)38-22-25/h4,6,8-20,22,29,35H,3,5,7,21H2,1-2H3. The fourth-order valence-corrected chi connectivity index (χ4v) is 6.28. The third-order valence-corrected chi connectivity index (χ3v) is 8.54. The molecule has 216 valence electrons. The summed E-state index contributed by atoms with van der Waals surface area (Å²) in [5.41, 5.74) is 8.67. The molecule has 0 spiro atoms. The van der Waals surface area contributed by atoms with Gasteiger partial charge in [0.05, 0.1) is 25.6 Å². The van der Waals surface area contributed by atoms with Crippen molar-refractivity contribution in [3.05, 3.63) is 125 Å². The van der Waals surface area contributed by atoms with Gasteiger partial charge >= 0.3 is 0 Å². The number of methoxy groups -OCH3 is 2. The molecule has 2 aliphatic carbocycles. The van der Waals surface area contributed by atoms with Crippen LogP contribution in [-0.2, 0) is 6.42 Å². The van der Waals surface area contributed by atoms with E-state index < -0.39 is 0 Å². The van der Waals surface area contributed by atoms with Gasteiger partial charge in [-0.15, -0.1) is 0 Å². The average molecular weight is 590 g/mol. The Labute approximate surface area is 256 Å². The highest BCUT2D eigenvalue weighted by Gasteiger charge is 2.33. The summed E-state index contributed by atoms with van der Waals surface area (Å²) < 4.78 is 19.5. The number of ether oxygens (including phenoxy) is 3. The van der Waals surface area contributed by atoms with Crippen molar-refractivity contribution < 1.29 is 14.2 Å². The SMILES string of the molecule is COc1ccc(C(c2ccc(OC)cc2)n2nc(-c3ccc(Cl)nc3)c3c2-c2ccc(OC4C=CCCC4)cc2C3)cc1. The third kappa shape index (κ3) is 5.28. The summed E-state index contributed by atoms with van der Waals surface area (Å²) in [6, 6.07) is 26.5. The summed E-state index contributed by atoms with van der Waals surface area (Å²) in [6.45, 7) is 0. The lowest BCUT2D eigenvalue weighted by Gasteiger charge is -2.22. The van der Waals surface area contributed by atoms with E-state index in [1.54, 1.807) is 20.4 Å². The zero-order valence-corrected chi connectivity index (χ0v) is 24.9. The monoisotopic (exact) mass is 589 g/mol. The van der Waals surface area contributed by atoms with Crippen molar-refractivity contribution >= 4 is 11.6 Å². The fraction of sp³-hybridized carbons (Fsp3) is 0.222. The Morgan fingerprint density at radius 1 is 0.860 bits per heavy atom. The molecule has 6 nitrogen and oxygen atoms in total. The maximum atomic E-state index is 6.39.